The first-order chi connectivity index (χ1) is 17.1. The zero-order valence-corrected chi connectivity index (χ0v) is 22.6. The molecule has 1 atom stereocenters. The monoisotopic (exact) mass is 486 g/mol. The number of hydrogen-bond donors (Lipinski definition) is 1. The number of hydrogen-bond acceptors (Lipinski definition) is 5. The molecule has 1 N–H and O–H groups in total. The summed E-state index contributed by atoms with van der Waals surface area (Å²) in [5.74, 6) is 0.834. The van der Waals surface area contributed by atoms with Gasteiger partial charge in [0.05, 0.1) is 11.6 Å². The van der Waals surface area contributed by atoms with Gasteiger partial charge in [-0.15, -0.1) is 5.10 Å². The number of aryl methyl sites for hydroxylation is 3. The molecule has 2 aromatic carbocycles. The second-order valence-electron chi connectivity index (χ2n) is 11.0. The maximum absolute atomic E-state index is 13.3. The molecule has 0 radical (unpaired) electrons. The molecular weight excluding hydrogens is 448 g/mol. The van der Waals surface area contributed by atoms with E-state index in [2.05, 4.69) is 110 Å². The van der Waals surface area contributed by atoms with E-state index in [0.29, 0.717) is 13.1 Å². The number of H-pyrrole nitrogens is 1. The number of tetrazole rings is 1. The molecule has 0 aliphatic rings. The molecule has 2 aromatic heterocycles. The normalized spacial score (nSPS) is 13.0. The number of nitrogens with one attached hydrogen (secondary N) is 1. The summed E-state index contributed by atoms with van der Waals surface area (Å²) in [6, 6.07) is 14.8. The standard InChI is InChI=1S/C29H38N6O/c1-8-9-26(27-31-32-33-35(27)29(5,6)7)34(17-22-12-10-19(2)11-13-22)18-23-16-24-21(4)14-20(3)15-25(24)30-28(23)36/h10-16,26H,8-9,17-18H2,1-7H3,(H,30,36). The van der Waals surface area contributed by atoms with Gasteiger partial charge < -0.3 is 4.98 Å². The first-order valence-corrected chi connectivity index (χ1v) is 12.8. The fourth-order valence-corrected chi connectivity index (χ4v) is 4.88. The van der Waals surface area contributed by atoms with Crippen molar-refractivity contribution in [1.29, 1.82) is 0 Å². The topological polar surface area (TPSA) is 79.7 Å². The van der Waals surface area contributed by atoms with Crippen LogP contribution in [-0.2, 0) is 18.6 Å². The lowest BCUT2D eigenvalue weighted by Crippen LogP contribution is -2.35. The van der Waals surface area contributed by atoms with Crippen molar-refractivity contribution < 1.29 is 0 Å². The average Bonchev–Trinajstić information content (AvgIpc) is 3.29. The summed E-state index contributed by atoms with van der Waals surface area (Å²) < 4.78 is 1.92. The van der Waals surface area contributed by atoms with E-state index < -0.39 is 0 Å². The van der Waals surface area contributed by atoms with Gasteiger partial charge in [-0.25, -0.2) is 4.68 Å². The van der Waals surface area contributed by atoms with Gasteiger partial charge in [0, 0.05) is 29.6 Å². The third kappa shape index (κ3) is 5.57. The van der Waals surface area contributed by atoms with Crippen LogP contribution in [0.1, 0.15) is 80.2 Å². The molecule has 0 bridgehead atoms. The van der Waals surface area contributed by atoms with Crippen LogP contribution < -0.4 is 5.56 Å². The molecule has 0 fully saturated rings. The van der Waals surface area contributed by atoms with Crippen molar-refractivity contribution in [3.8, 4) is 0 Å². The summed E-state index contributed by atoms with van der Waals surface area (Å²) in [6.07, 6.45) is 1.85. The van der Waals surface area contributed by atoms with Gasteiger partial charge in [-0.1, -0.05) is 49.2 Å². The predicted octanol–water partition coefficient (Wildman–Crippen LogP) is 5.74. The van der Waals surface area contributed by atoms with Crippen LogP contribution in [0.3, 0.4) is 0 Å². The van der Waals surface area contributed by atoms with E-state index in [-0.39, 0.29) is 17.1 Å². The Hall–Kier alpha value is -3.32. The highest BCUT2D eigenvalue weighted by atomic mass is 16.1. The van der Waals surface area contributed by atoms with Gasteiger partial charge in [-0.3, -0.25) is 9.69 Å². The Balaban J connectivity index is 1.81. The molecule has 0 saturated heterocycles. The highest BCUT2D eigenvalue weighted by molar-refractivity contribution is 5.83. The van der Waals surface area contributed by atoms with Crippen LogP contribution in [0.4, 0.5) is 0 Å². The first kappa shape index (κ1) is 25.8. The fourth-order valence-electron chi connectivity index (χ4n) is 4.88. The molecule has 0 aliphatic heterocycles. The molecule has 4 rings (SSSR count). The molecule has 0 spiro atoms. The van der Waals surface area contributed by atoms with E-state index >= 15 is 0 Å². The van der Waals surface area contributed by atoms with Crippen molar-refractivity contribution >= 4 is 10.9 Å². The van der Waals surface area contributed by atoms with E-state index in [4.69, 9.17) is 0 Å². The summed E-state index contributed by atoms with van der Waals surface area (Å²) in [7, 11) is 0. The van der Waals surface area contributed by atoms with Gasteiger partial charge in [0.1, 0.15) is 0 Å². The van der Waals surface area contributed by atoms with Crippen molar-refractivity contribution in [3.05, 3.63) is 86.5 Å². The van der Waals surface area contributed by atoms with Crippen LogP contribution in [0, 0.1) is 20.8 Å². The van der Waals surface area contributed by atoms with Gasteiger partial charge >= 0.3 is 0 Å². The second-order valence-corrected chi connectivity index (χ2v) is 11.0. The third-order valence-corrected chi connectivity index (χ3v) is 6.70. The van der Waals surface area contributed by atoms with Crippen LogP contribution in [0.25, 0.3) is 10.9 Å². The summed E-state index contributed by atoms with van der Waals surface area (Å²) >= 11 is 0. The summed E-state index contributed by atoms with van der Waals surface area (Å²) in [5.41, 5.74) is 6.05. The Bertz CT molecular complexity index is 1390. The molecule has 4 aromatic rings. The van der Waals surface area contributed by atoms with Gasteiger partial charge in [0.25, 0.3) is 5.56 Å². The van der Waals surface area contributed by atoms with E-state index in [0.717, 1.165) is 46.3 Å². The Morgan fingerprint density at radius 3 is 2.39 bits per heavy atom. The SMILES string of the molecule is CCCC(c1nnnn1C(C)(C)C)N(Cc1ccc(C)cc1)Cc1cc2c(C)cc(C)cc2[nH]c1=O. The summed E-state index contributed by atoms with van der Waals surface area (Å²) in [4.78, 5) is 18.7. The van der Waals surface area contributed by atoms with Crippen molar-refractivity contribution in [3.63, 3.8) is 0 Å². The number of aromatic nitrogens is 5. The second kappa shape index (κ2) is 10.3. The lowest BCUT2D eigenvalue weighted by molar-refractivity contribution is 0.148. The lowest BCUT2D eigenvalue weighted by atomic mass is 10.0. The molecular formula is C29H38N6O. The van der Waals surface area contributed by atoms with Crippen molar-refractivity contribution in [2.75, 3.05) is 0 Å². The Kier molecular flexibility index (Phi) is 7.41. The molecule has 0 saturated carbocycles. The van der Waals surface area contributed by atoms with Gasteiger partial charge in [0.2, 0.25) is 0 Å². The number of pyridine rings is 1. The van der Waals surface area contributed by atoms with Crippen LogP contribution in [0.5, 0.6) is 0 Å². The van der Waals surface area contributed by atoms with Crippen molar-refractivity contribution in [2.24, 2.45) is 0 Å². The Morgan fingerprint density at radius 1 is 1.00 bits per heavy atom. The number of benzene rings is 2. The molecule has 2 heterocycles. The predicted molar refractivity (Wildman–Crippen MR) is 145 cm³/mol. The maximum atomic E-state index is 13.3. The minimum atomic E-state index is -0.254. The molecule has 0 amide bonds. The number of rotatable bonds is 8. The van der Waals surface area contributed by atoms with Gasteiger partial charge in [-0.2, -0.15) is 0 Å². The largest absolute Gasteiger partial charge is 0.322 e. The van der Waals surface area contributed by atoms with Crippen molar-refractivity contribution in [1.82, 2.24) is 30.1 Å². The van der Waals surface area contributed by atoms with Crippen LogP contribution in [-0.4, -0.2) is 30.1 Å². The summed E-state index contributed by atoms with van der Waals surface area (Å²) in [5, 5.41) is 14.0. The zero-order valence-electron chi connectivity index (χ0n) is 22.6. The fraction of sp³-hybridized carbons (Fsp3) is 0.448. The minimum Gasteiger partial charge on any atom is -0.322 e. The Morgan fingerprint density at radius 2 is 1.72 bits per heavy atom. The molecule has 7 heteroatoms. The van der Waals surface area contributed by atoms with Crippen LogP contribution in [0.2, 0.25) is 0 Å². The number of nitrogens with zero attached hydrogens (tertiary/aromatic N) is 5. The lowest BCUT2D eigenvalue weighted by Gasteiger charge is -2.33. The average molecular weight is 487 g/mol. The zero-order chi connectivity index (χ0) is 26.0. The van der Waals surface area contributed by atoms with E-state index in [1.807, 2.05) is 10.7 Å². The van der Waals surface area contributed by atoms with E-state index in [1.165, 1.54) is 11.1 Å². The Labute approximate surface area is 213 Å². The molecule has 1 unspecified atom stereocenters. The van der Waals surface area contributed by atoms with Gasteiger partial charge in [-0.05, 0) is 87.2 Å². The number of aromatic amines is 1. The van der Waals surface area contributed by atoms with E-state index in [9.17, 15) is 4.79 Å². The minimum absolute atomic E-state index is 0.0419. The molecule has 7 nitrogen and oxygen atoms in total. The maximum Gasteiger partial charge on any atom is 0.252 e. The third-order valence-electron chi connectivity index (χ3n) is 6.70. The molecule has 36 heavy (non-hydrogen) atoms. The first-order valence-electron chi connectivity index (χ1n) is 12.8. The quantitative estimate of drug-likeness (QED) is 0.344. The smallest absolute Gasteiger partial charge is 0.252 e. The van der Waals surface area contributed by atoms with Crippen LogP contribution in [0.15, 0.2) is 47.3 Å². The van der Waals surface area contributed by atoms with Crippen LogP contribution >= 0.6 is 0 Å². The van der Waals surface area contributed by atoms with Gasteiger partial charge in [0.15, 0.2) is 5.82 Å². The highest BCUT2D eigenvalue weighted by Crippen LogP contribution is 2.30. The van der Waals surface area contributed by atoms with E-state index in [1.54, 1.807) is 0 Å². The number of fused-ring (bicyclic) bond motifs is 1. The highest BCUT2D eigenvalue weighted by Gasteiger charge is 2.30. The van der Waals surface area contributed by atoms with Crippen molar-refractivity contribution in [2.45, 2.75) is 86.0 Å². The summed E-state index contributed by atoms with van der Waals surface area (Å²) in [6.45, 7) is 15.9. The molecule has 190 valence electrons. The molecule has 0 aliphatic carbocycles.